The molecule has 0 aromatic rings. The van der Waals surface area contributed by atoms with Gasteiger partial charge in [-0.05, 0) is 96.3 Å². The van der Waals surface area contributed by atoms with Gasteiger partial charge < -0.3 is 28.5 Å². The number of carboxylic acids is 1. The van der Waals surface area contributed by atoms with Crippen LogP contribution >= 0.6 is 0 Å². The molecule has 1 N–H and O–H groups in total. The molecule has 0 fully saturated rings. The Labute approximate surface area is 601 Å². The van der Waals surface area contributed by atoms with Crippen molar-refractivity contribution in [1.82, 2.24) is 0 Å². The maximum Gasteiger partial charge on any atom is 0.361 e. The van der Waals surface area contributed by atoms with Crippen LogP contribution < -0.4 is 0 Å². The highest BCUT2D eigenvalue weighted by molar-refractivity contribution is 5.71. The van der Waals surface area contributed by atoms with Gasteiger partial charge in [0.05, 0.1) is 34.4 Å². The van der Waals surface area contributed by atoms with Crippen LogP contribution in [0, 0.1) is 0 Å². The molecule has 0 radical (unpaired) electrons. The molecule has 0 amide bonds. The molecule has 0 rings (SSSR count). The topological polar surface area (TPSA) is 108 Å². The minimum atomic E-state index is -1.51. The number of carbonyl (C=O) groups excluding carboxylic acids is 2. The second kappa shape index (κ2) is 77.9. The number of nitrogens with zero attached hydrogens (tertiary/aromatic N) is 1. The number of rotatable bonds is 77. The number of hydrogen-bond acceptors (Lipinski definition) is 7. The van der Waals surface area contributed by atoms with Crippen LogP contribution in [0.25, 0.3) is 0 Å². The maximum absolute atomic E-state index is 13.0. The molecule has 97 heavy (non-hydrogen) atoms. The van der Waals surface area contributed by atoms with Gasteiger partial charge in [0.25, 0.3) is 6.29 Å². The summed E-state index contributed by atoms with van der Waals surface area (Å²) in [6.07, 6.45) is 106. The first-order valence-electron chi connectivity index (χ1n) is 41.4. The number of carbonyl (C=O) groups is 3. The van der Waals surface area contributed by atoms with Crippen molar-refractivity contribution in [2.45, 2.75) is 399 Å². The summed E-state index contributed by atoms with van der Waals surface area (Å²) in [5, 5.41) is 9.78. The molecular weight excluding hydrogens is 1200 g/mol. The Bertz CT molecular complexity index is 1920. The van der Waals surface area contributed by atoms with Gasteiger partial charge in [-0.2, -0.15) is 0 Å². The molecule has 562 valence electrons. The summed E-state index contributed by atoms with van der Waals surface area (Å²) >= 11 is 0. The summed E-state index contributed by atoms with van der Waals surface area (Å²) in [4.78, 5) is 37.8. The van der Waals surface area contributed by atoms with Gasteiger partial charge >= 0.3 is 17.9 Å². The van der Waals surface area contributed by atoms with E-state index in [2.05, 4.69) is 111 Å². The van der Waals surface area contributed by atoms with E-state index in [1.54, 1.807) is 0 Å². The van der Waals surface area contributed by atoms with Gasteiger partial charge in [0, 0.05) is 12.8 Å². The fourth-order valence-corrected chi connectivity index (χ4v) is 12.1. The third kappa shape index (κ3) is 79.4. The maximum atomic E-state index is 13.0. The number of carboxylic acid groups (broad SMARTS) is 1. The molecule has 2 atom stereocenters. The van der Waals surface area contributed by atoms with E-state index in [1.165, 1.54) is 276 Å². The van der Waals surface area contributed by atoms with Crippen molar-refractivity contribution in [3.8, 4) is 0 Å². The van der Waals surface area contributed by atoms with Crippen molar-refractivity contribution in [3.05, 3.63) is 97.2 Å². The zero-order chi connectivity index (χ0) is 70.4. The van der Waals surface area contributed by atoms with Gasteiger partial charge in [-0.25, -0.2) is 4.79 Å². The molecule has 0 aliphatic rings. The number of likely N-dealkylation sites (N-methyl/N-ethyl adjacent to an activating group) is 1. The Morgan fingerprint density at radius 2 is 0.588 bits per heavy atom. The van der Waals surface area contributed by atoms with Gasteiger partial charge in [-0.3, -0.25) is 9.59 Å². The Kier molecular flexibility index (Phi) is 74.9. The highest BCUT2D eigenvalue weighted by Crippen LogP contribution is 2.19. The molecule has 0 saturated heterocycles. The van der Waals surface area contributed by atoms with Crippen LogP contribution in [0.1, 0.15) is 386 Å². The van der Waals surface area contributed by atoms with Crippen LogP contribution in [0.5, 0.6) is 0 Å². The molecule has 2 unspecified atom stereocenters. The second-order valence-electron chi connectivity index (χ2n) is 29.1. The highest BCUT2D eigenvalue weighted by atomic mass is 16.7. The fourth-order valence-electron chi connectivity index (χ4n) is 12.1. The lowest BCUT2D eigenvalue weighted by atomic mass is 10.0. The number of esters is 2. The number of aliphatic carboxylic acids is 1. The summed E-state index contributed by atoms with van der Waals surface area (Å²) in [5.74, 6) is -1.99. The van der Waals surface area contributed by atoms with Crippen LogP contribution in [0.3, 0.4) is 0 Å². The first-order valence-corrected chi connectivity index (χ1v) is 41.4. The van der Waals surface area contributed by atoms with E-state index < -0.39 is 24.3 Å². The summed E-state index contributed by atoms with van der Waals surface area (Å²) in [5.41, 5.74) is 0. The summed E-state index contributed by atoms with van der Waals surface area (Å²) in [7, 11) is 5.99. The predicted molar refractivity (Wildman–Crippen MR) is 419 cm³/mol. The average molecular weight is 1360 g/mol. The Balaban J connectivity index is 3.97. The number of allylic oxidation sites excluding steroid dienone is 16. The number of ether oxygens (including phenoxy) is 4. The van der Waals surface area contributed by atoms with Crippen LogP contribution in [-0.2, 0) is 33.3 Å². The molecule has 9 heteroatoms. The molecule has 0 saturated carbocycles. The average Bonchev–Trinajstić information content (AvgIpc) is 2.59. The van der Waals surface area contributed by atoms with Crippen molar-refractivity contribution in [3.63, 3.8) is 0 Å². The first-order chi connectivity index (χ1) is 47.6. The van der Waals surface area contributed by atoms with Crippen LogP contribution in [-0.4, -0.2) is 87.4 Å². The summed E-state index contributed by atoms with van der Waals surface area (Å²) < 4.78 is 23.1. The quantitative estimate of drug-likeness (QED) is 0.0211. The highest BCUT2D eigenvalue weighted by Gasteiger charge is 2.25. The Hall–Kier alpha value is -3.79. The Morgan fingerprint density at radius 3 is 0.876 bits per heavy atom. The van der Waals surface area contributed by atoms with Crippen LogP contribution in [0.15, 0.2) is 97.2 Å². The van der Waals surface area contributed by atoms with Crippen molar-refractivity contribution < 1.29 is 42.9 Å². The smallest absolute Gasteiger partial charge is 0.361 e. The van der Waals surface area contributed by atoms with E-state index in [-0.39, 0.29) is 32.2 Å². The van der Waals surface area contributed by atoms with Crippen molar-refractivity contribution in [2.24, 2.45) is 0 Å². The minimum Gasteiger partial charge on any atom is -0.477 e. The van der Waals surface area contributed by atoms with E-state index in [9.17, 15) is 19.5 Å². The van der Waals surface area contributed by atoms with Gasteiger partial charge in [-0.1, -0.05) is 374 Å². The zero-order valence-electron chi connectivity index (χ0n) is 64.5. The standard InChI is InChI=1S/C88H157NO8/c1-6-8-10-12-14-16-18-20-22-24-26-28-30-32-34-36-38-40-41-42-43-44-45-47-48-50-52-54-56-58-60-62-64-66-68-70-72-74-76-78-85(90)95-82-84(83-96-88(87(92)93)94-81-80-89(3,4)5)97-86(91)79-77-75-73-71-69-67-65-63-61-59-57-55-53-51-49-46-39-37-35-33-31-29-27-25-23-21-19-17-15-13-11-9-7-2/h9,11,15,17-18,20-21,23-24,26-27,29,33,35,39,46,84,88H,6-8,10,12-14,16,19,22,25,28,30-32,34,36-38,40-45,47-83H2,1-5H3/p+1/b11-9-,17-15-,20-18-,23-21-,26-24-,29-27-,35-33-,46-39-. The summed E-state index contributed by atoms with van der Waals surface area (Å²) in [6, 6.07) is 0. The normalized spacial score (nSPS) is 13.1. The zero-order valence-corrected chi connectivity index (χ0v) is 64.5. The molecule has 9 nitrogen and oxygen atoms in total. The van der Waals surface area contributed by atoms with Gasteiger partial charge in [0.1, 0.15) is 13.2 Å². The van der Waals surface area contributed by atoms with E-state index in [0.717, 1.165) is 83.5 Å². The molecule has 0 aromatic heterocycles. The number of hydrogen-bond donors (Lipinski definition) is 1. The van der Waals surface area contributed by atoms with Crippen molar-refractivity contribution in [1.29, 1.82) is 0 Å². The molecule has 0 aliphatic carbocycles. The van der Waals surface area contributed by atoms with E-state index in [0.29, 0.717) is 17.4 Å². The monoisotopic (exact) mass is 1360 g/mol. The molecule has 0 heterocycles. The Morgan fingerprint density at radius 1 is 0.320 bits per heavy atom. The second-order valence-corrected chi connectivity index (χ2v) is 29.1. The molecule has 0 bridgehead atoms. The van der Waals surface area contributed by atoms with Crippen LogP contribution in [0.2, 0.25) is 0 Å². The van der Waals surface area contributed by atoms with Gasteiger partial charge in [0.15, 0.2) is 6.10 Å². The first kappa shape index (κ1) is 93.2. The molecule has 0 aromatic carbocycles. The largest absolute Gasteiger partial charge is 0.477 e. The van der Waals surface area contributed by atoms with Crippen LogP contribution in [0.4, 0.5) is 0 Å². The van der Waals surface area contributed by atoms with Crippen molar-refractivity contribution >= 4 is 17.9 Å². The van der Waals surface area contributed by atoms with Crippen molar-refractivity contribution in [2.75, 3.05) is 47.5 Å². The fraction of sp³-hybridized carbons (Fsp3) is 0.784. The lowest BCUT2D eigenvalue weighted by Gasteiger charge is -2.25. The van der Waals surface area contributed by atoms with E-state index in [4.69, 9.17) is 18.9 Å². The predicted octanol–water partition coefficient (Wildman–Crippen LogP) is 26.7. The lowest BCUT2D eigenvalue weighted by Crippen LogP contribution is -2.40. The van der Waals surface area contributed by atoms with E-state index in [1.807, 2.05) is 21.1 Å². The third-order valence-corrected chi connectivity index (χ3v) is 18.3. The number of quaternary nitrogens is 1. The third-order valence-electron chi connectivity index (χ3n) is 18.3. The van der Waals surface area contributed by atoms with Gasteiger partial charge in [0.2, 0.25) is 0 Å². The molecular formula is C88H158NO8+. The summed E-state index contributed by atoms with van der Waals surface area (Å²) in [6.45, 7) is 4.80. The van der Waals surface area contributed by atoms with E-state index >= 15 is 0 Å². The number of unbranched alkanes of at least 4 members (excludes halogenated alkanes) is 46. The lowest BCUT2D eigenvalue weighted by molar-refractivity contribution is -0.870. The van der Waals surface area contributed by atoms with Gasteiger partial charge in [-0.15, -0.1) is 0 Å². The SMILES string of the molecule is CC/C=C\C/C=C\C/C=C\C/C=C\C/C=C\C/C=C\CCCCCCCCCCCCCCCCC(=O)OC(COC(=O)CCCCCCCCCCCCCCCCCCCCCCCCCCCCC/C=C\C/C=C\CCCCCCC)COC(OCC[N+](C)(C)C)C(=O)O. The molecule has 0 spiro atoms. The minimum absolute atomic E-state index is 0.181. The molecule has 0 aliphatic heterocycles.